The van der Waals surface area contributed by atoms with Gasteiger partial charge in [-0.1, -0.05) is 0 Å². The van der Waals surface area contributed by atoms with Crippen molar-refractivity contribution >= 4 is 21.6 Å². The number of aromatic nitrogens is 2. The van der Waals surface area contributed by atoms with Crippen molar-refractivity contribution in [1.29, 1.82) is 0 Å². The first kappa shape index (κ1) is 10.4. The van der Waals surface area contributed by atoms with E-state index in [1.54, 1.807) is 0 Å². The molecule has 8 heteroatoms. The van der Waals surface area contributed by atoms with Crippen LogP contribution in [0.1, 0.15) is 10.5 Å². The largest absolute Gasteiger partial charge is 0.477 e. The predicted octanol–water partition coefficient (Wildman–Crippen LogP) is -0.840. The van der Waals surface area contributed by atoms with E-state index < -0.39 is 26.7 Å². The highest BCUT2D eigenvalue weighted by Gasteiger charge is 2.15. The number of carboxylic acid groups (broad SMARTS) is 1. The van der Waals surface area contributed by atoms with Gasteiger partial charge in [0.2, 0.25) is 15.0 Å². The molecule has 1 heterocycles. The highest BCUT2D eigenvalue weighted by molar-refractivity contribution is 7.90. The third-order valence-electron chi connectivity index (χ3n) is 1.28. The molecule has 0 spiro atoms. The molecule has 0 aromatic carbocycles. The average molecular weight is 217 g/mol. The topological polar surface area (TPSA) is 123 Å². The zero-order chi connectivity index (χ0) is 10.9. The summed E-state index contributed by atoms with van der Waals surface area (Å²) in [7, 11) is -3.65. The van der Waals surface area contributed by atoms with E-state index in [2.05, 4.69) is 9.97 Å². The SMILES string of the molecule is CS(=O)(=O)c1nc(N)cc(C(=O)O)n1. The van der Waals surface area contributed by atoms with Gasteiger partial charge in [-0.2, -0.15) is 0 Å². The zero-order valence-electron chi connectivity index (χ0n) is 7.13. The number of sulfone groups is 1. The van der Waals surface area contributed by atoms with Gasteiger partial charge in [0.1, 0.15) is 5.82 Å². The first-order valence-electron chi connectivity index (χ1n) is 3.38. The first-order chi connectivity index (χ1) is 6.30. The molecule has 0 radical (unpaired) electrons. The lowest BCUT2D eigenvalue weighted by Crippen LogP contribution is -2.11. The third kappa shape index (κ3) is 2.16. The van der Waals surface area contributed by atoms with Crippen LogP contribution in [0.2, 0.25) is 0 Å². The summed E-state index contributed by atoms with van der Waals surface area (Å²) >= 11 is 0. The van der Waals surface area contributed by atoms with Crippen LogP contribution in [-0.4, -0.2) is 35.7 Å². The van der Waals surface area contributed by atoms with E-state index in [0.29, 0.717) is 0 Å². The predicted molar refractivity (Wildman–Crippen MR) is 46.5 cm³/mol. The summed E-state index contributed by atoms with van der Waals surface area (Å²) < 4.78 is 22.0. The van der Waals surface area contributed by atoms with E-state index in [4.69, 9.17) is 10.8 Å². The van der Waals surface area contributed by atoms with Crippen molar-refractivity contribution in [3.63, 3.8) is 0 Å². The van der Waals surface area contributed by atoms with Gasteiger partial charge in [-0.25, -0.2) is 23.2 Å². The van der Waals surface area contributed by atoms with Crippen molar-refractivity contribution in [2.24, 2.45) is 0 Å². The second-order valence-corrected chi connectivity index (χ2v) is 4.45. The molecule has 0 aliphatic rings. The molecule has 0 aliphatic heterocycles. The van der Waals surface area contributed by atoms with Crippen LogP contribution < -0.4 is 5.73 Å². The van der Waals surface area contributed by atoms with Gasteiger partial charge in [0.25, 0.3) is 0 Å². The molecule has 1 rings (SSSR count). The van der Waals surface area contributed by atoms with Crippen molar-refractivity contribution in [3.05, 3.63) is 11.8 Å². The van der Waals surface area contributed by atoms with E-state index in [1.807, 2.05) is 0 Å². The summed E-state index contributed by atoms with van der Waals surface area (Å²) in [6.45, 7) is 0. The minimum Gasteiger partial charge on any atom is -0.477 e. The number of anilines is 1. The Morgan fingerprint density at radius 1 is 1.50 bits per heavy atom. The lowest BCUT2D eigenvalue weighted by Gasteiger charge is -2.00. The van der Waals surface area contributed by atoms with E-state index in [-0.39, 0.29) is 5.82 Å². The molecule has 0 bridgehead atoms. The molecule has 7 nitrogen and oxygen atoms in total. The standard InChI is InChI=1S/C6H7N3O4S/c1-14(12,13)6-8-3(5(10)11)2-4(7)9-6/h2H,1H3,(H,10,11)(H2,7,8,9). The van der Waals surface area contributed by atoms with Crippen LogP contribution in [0.25, 0.3) is 0 Å². The van der Waals surface area contributed by atoms with Gasteiger partial charge < -0.3 is 10.8 Å². The van der Waals surface area contributed by atoms with Crippen molar-refractivity contribution in [2.75, 3.05) is 12.0 Å². The Morgan fingerprint density at radius 2 is 2.07 bits per heavy atom. The molecule has 0 amide bonds. The lowest BCUT2D eigenvalue weighted by molar-refractivity contribution is 0.0689. The van der Waals surface area contributed by atoms with Gasteiger partial charge >= 0.3 is 5.97 Å². The van der Waals surface area contributed by atoms with Crippen molar-refractivity contribution in [3.8, 4) is 0 Å². The van der Waals surface area contributed by atoms with Crippen LogP contribution in [0.15, 0.2) is 11.2 Å². The van der Waals surface area contributed by atoms with Crippen LogP contribution in [0.4, 0.5) is 5.82 Å². The number of hydrogen-bond donors (Lipinski definition) is 2. The summed E-state index contributed by atoms with van der Waals surface area (Å²) in [5.41, 5.74) is 4.77. The summed E-state index contributed by atoms with van der Waals surface area (Å²) in [5.74, 6) is -1.55. The van der Waals surface area contributed by atoms with Gasteiger partial charge in [0.15, 0.2) is 5.69 Å². The molecule has 0 saturated carbocycles. The minimum atomic E-state index is -3.65. The fourth-order valence-electron chi connectivity index (χ4n) is 0.718. The van der Waals surface area contributed by atoms with Crippen molar-refractivity contribution < 1.29 is 18.3 Å². The maximum atomic E-state index is 11.0. The van der Waals surface area contributed by atoms with Gasteiger partial charge in [-0.3, -0.25) is 0 Å². The van der Waals surface area contributed by atoms with Gasteiger partial charge in [0.05, 0.1) is 0 Å². The number of rotatable bonds is 2. The maximum Gasteiger partial charge on any atom is 0.354 e. The van der Waals surface area contributed by atoms with Crippen LogP contribution >= 0.6 is 0 Å². The Bertz CT molecular complexity index is 482. The Kier molecular flexibility index (Phi) is 2.39. The number of nitrogen functional groups attached to an aromatic ring is 1. The van der Waals surface area contributed by atoms with E-state index in [1.165, 1.54) is 0 Å². The quantitative estimate of drug-likeness (QED) is 0.619. The number of aromatic carboxylic acids is 1. The second kappa shape index (κ2) is 3.22. The molecule has 3 N–H and O–H groups in total. The van der Waals surface area contributed by atoms with Crippen molar-refractivity contribution in [1.82, 2.24) is 9.97 Å². The molecular weight excluding hydrogens is 210 g/mol. The number of carbonyl (C=O) groups is 1. The first-order valence-corrected chi connectivity index (χ1v) is 5.28. The molecule has 0 saturated heterocycles. The summed E-state index contributed by atoms with van der Waals surface area (Å²) in [4.78, 5) is 17.2. The van der Waals surface area contributed by atoms with E-state index in [0.717, 1.165) is 12.3 Å². The average Bonchev–Trinajstić information content (AvgIpc) is 2.01. The normalized spacial score (nSPS) is 11.2. The second-order valence-electron chi connectivity index (χ2n) is 2.54. The highest BCUT2D eigenvalue weighted by atomic mass is 32.2. The van der Waals surface area contributed by atoms with Gasteiger partial charge in [0, 0.05) is 12.3 Å². The highest BCUT2D eigenvalue weighted by Crippen LogP contribution is 2.07. The fraction of sp³-hybridized carbons (Fsp3) is 0.167. The van der Waals surface area contributed by atoms with Crippen LogP contribution in [0, 0.1) is 0 Å². The smallest absolute Gasteiger partial charge is 0.354 e. The third-order valence-corrected chi connectivity index (χ3v) is 2.12. The molecule has 1 aromatic rings. The Balaban J connectivity index is 3.43. The maximum absolute atomic E-state index is 11.0. The van der Waals surface area contributed by atoms with Gasteiger partial charge in [-0.15, -0.1) is 0 Å². The number of nitrogens with zero attached hydrogens (tertiary/aromatic N) is 2. The molecule has 76 valence electrons. The molecular formula is C6H7N3O4S. The Morgan fingerprint density at radius 3 is 2.50 bits per heavy atom. The lowest BCUT2D eigenvalue weighted by atomic mass is 10.4. The molecule has 0 unspecified atom stereocenters. The van der Waals surface area contributed by atoms with E-state index >= 15 is 0 Å². The van der Waals surface area contributed by atoms with Crippen LogP contribution in [-0.2, 0) is 9.84 Å². The fourth-order valence-corrected chi connectivity index (χ4v) is 1.25. The Hall–Kier alpha value is -1.70. The Labute approximate surface area is 79.5 Å². The number of hydrogen-bond acceptors (Lipinski definition) is 6. The molecule has 0 aliphatic carbocycles. The summed E-state index contributed by atoms with van der Waals surface area (Å²) in [6, 6.07) is 0.983. The monoisotopic (exact) mass is 217 g/mol. The van der Waals surface area contributed by atoms with E-state index in [9.17, 15) is 13.2 Å². The molecule has 0 atom stereocenters. The minimum absolute atomic E-state index is 0.196. The van der Waals surface area contributed by atoms with Crippen LogP contribution in [0.3, 0.4) is 0 Å². The molecule has 1 aromatic heterocycles. The van der Waals surface area contributed by atoms with Gasteiger partial charge in [-0.05, 0) is 0 Å². The van der Waals surface area contributed by atoms with Crippen LogP contribution in [0.5, 0.6) is 0 Å². The number of carboxylic acids is 1. The summed E-state index contributed by atoms with van der Waals surface area (Å²) in [6.07, 6.45) is 0.868. The summed E-state index contributed by atoms with van der Waals surface area (Å²) in [5, 5.41) is 7.97. The zero-order valence-corrected chi connectivity index (χ0v) is 7.95. The molecule has 0 fully saturated rings. The number of nitrogens with two attached hydrogens (primary N) is 1. The van der Waals surface area contributed by atoms with Crippen molar-refractivity contribution in [2.45, 2.75) is 5.16 Å². The molecule has 14 heavy (non-hydrogen) atoms.